The molecular formula is C29H26Cl2N2O. The summed E-state index contributed by atoms with van der Waals surface area (Å²) in [5.74, 6) is 0.0571. The minimum absolute atomic E-state index is 0.166. The van der Waals surface area contributed by atoms with Crippen LogP contribution < -0.4 is 10.6 Å². The van der Waals surface area contributed by atoms with Crippen molar-refractivity contribution in [2.24, 2.45) is 0 Å². The molecule has 34 heavy (non-hydrogen) atoms. The van der Waals surface area contributed by atoms with Crippen LogP contribution in [0.1, 0.15) is 35.1 Å². The summed E-state index contributed by atoms with van der Waals surface area (Å²) in [5.41, 5.74) is 3.97. The molecule has 0 aliphatic heterocycles. The molecule has 0 aliphatic carbocycles. The van der Waals surface area contributed by atoms with Crippen LogP contribution in [-0.2, 0) is 4.79 Å². The summed E-state index contributed by atoms with van der Waals surface area (Å²) in [5, 5.41) is 7.38. The Bertz CT molecular complexity index is 1140. The van der Waals surface area contributed by atoms with E-state index >= 15 is 0 Å². The van der Waals surface area contributed by atoms with E-state index in [-0.39, 0.29) is 11.8 Å². The molecule has 4 rings (SSSR count). The molecule has 0 fully saturated rings. The topological polar surface area (TPSA) is 41.1 Å². The Morgan fingerprint density at radius 3 is 1.65 bits per heavy atom. The fourth-order valence-corrected chi connectivity index (χ4v) is 4.64. The summed E-state index contributed by atoms with van der Waals surface area (Å²) in [6.45, 7) is 0.651. The monoisotopic (exact) mass is 488 g/mol. The molecule has 172 valence electrons. The van der Waals surface area contributed by atoms with Crippen LogP contribution in [0, 0.1) is 0 Å². The molecule has 5 heteroatoms. The van der Waals surface area contributed by atoms with Gasteiger partial charge in [0.1, 0.15) is 6.04 Å². The number of carbonyl (C=O) groups excluding carboxylic acids is 1. The first-order chi connectivity index (χ1) is 16.6. The maximum absolute atomic E-state index is 13.3. The van der Waals surface area contributed by atoms with E-state index in [1.165, 1.54) is 11.1 Å². The highest BCUT2D eigenvalue weighted by Gasteiger charge is 2.22. The summed E-state index contributed by atoms with van der Waals surface area (Å²) in [7, 11) is 0. The Morgan fingerprint density at radius 2 is 1.15 bits per heavy atom. The predicted molar refractivity (Wildman–Crippen MR) is 142 cm³/mol. The molecule has 0 aliphatic rings. The zero-order valence-corrected chi connectivity index (χ0v) is 20.1. The first-order valence-electron chi connectivity index (χ1n) is 11.3. The van der Waals surface area contributed by atoms with Crippen molar-refractivity contribution in [3.05, 3.63) is 136 Å². The second kappa shape index (κ2) is 11.8. The van der Waals surface area contributed by atoms with Crippen molar-refractivity contribution in [2.45, 2.75) is 18.4 Å². The van der Waals surface area contributed by atoms with Gasteiger partial charge in [-0.25, -0.2) is 0 Å². The zero-order chi connectivity index (χ0) is 23.8. The van der Waals surface area contributed by atoms with Gasteiger partial charge in [-0.1, -0.05) is 114 Å². The Balaban J connectivity index is 1.51. The molecule has 0 saturated carbocycles. The van der Waals surface area contributed by atoms with Gasteiger partial charge in [0.05, 0.1) is 0 Å². The van der Waals surface area contributed by atoms with E-state index in [9.17, 15) is 4.79 Å². The normalized spacial score (nSPS) is 11.9. The molecule has 0 bridgehead atoms. The van der Waals surface area contributed by atoms with Crippen molar-refractivity contribution in [2.75, 3.05) is 11.9 Å². The SMILES string of the molecule is O=C(Nc1cc(Cl)cc(Cl)c1)[C@@H](NCCC(c1ccccc1)c1ccccc1)c1ccccc1. The lowest BCUT2D eigenvalue weighted by Crippen LogP contribution is -2.34. The van der Waals surface area contributed by atoms with E-state index in [4.69, 9.17) is 23.2 Å². The van der Waals surface area contributed by atoms with Crippen molar-refractivity contribution < 1.29 is 4.79 Å². The lowest BCUT2D eigenvalue weighted by molar-refractivity contribution is -0.118. The number of amides is 1. The van der Waals surface area contributed by atoms with Gasteiger partial charge in [-0.05, 0) is 47.9 Å². The van der Waals surface area contributed by atoms with Crippen LogP contribution in [0.15, 0.2) is 109 Å². The Kier molecular flexibility index (Phi) is 8.37. The summed E-state index contributed by atoms with van der Waals surface area (Å²) in [4.78, 5) is 13.3. The molecular weight excluding hydrogens is 463 g/mol. The third-order valence-electron chi connectivity index (χ3n) is 5.71. The number of hydrogen-bond donors (Lipinski definition) is 2. The lowest BCUT2D eigenvalue weighted by atomic mass is 9.88. The van der Waals surface area contributed by atoms with Gasteiger partial charge in [0.25, 0.3) is 0 Å². The van der Waals surface area contributed by atoms with Gasteiger partial charge in [-0.2, -0.15) is 0 Å². The number of nitrogens with one attached hydrogen (secondary N) is 2. The van der Waals surface area contributed by atoms with Crippen LogP contribution in [0.2, 0.25) is 10.0 Å². The third kappa shape index (κ3) is 6.48. The van der Waals surface area contributed by atoms with Gasteiger partial charge in [0, 0.05) is 21.7 Å². The second-order valence-corrected chi connectivity index (χ2v) is 8.98. The van der Waals surface area contributed by atoms with Crippen LogP contribution in [0.4, 0.5) is 5.69 Å². The molecule has 0 unspecified atom stereocenters. The van der Waals surface area contributed by atoms with E-state index in [0.717, 1.165) is 12.0 Å². The number of halogens is 2. The molecule has 3 nitrogen and oxygen atoms in total. The van der Waals surface area contributed by atoms with E-state index in [1.54, 1.807) is 18.2 Å². The molecule has 4 aromatic rings. The molecule has 1 amide bonds. The molecule has 0 spiro atoms. The van der Waals surface area contributed by atoms with Crippen molar-refractivity contribution in [1.29, 1.82) is 0 Å². The van der Waals surface area contributed by atoms with E-state index in [0.29, 0.717) is 22.3 Å². The maximum atomic E-state index is 13.3. The largest absolute Gasteiger partial charge is 0.324 e. The van der Waals surface area contributed by atoms with Gasteiger partial charge < -0.3 is 10.6 Å². The van der Waals surface area contributed by atoms with Crippen LogP contribution in [-0.4, -0.2) is 12.5 Å². The van der Waals surface area contributed by atoms with Crippen molar-refractivity contribution >= 4 is 34.8 Å². The van der Waals surface area contributed by atoms with Gasteiger partial charge in [-0.15, -0.1) is 0 Å². The van der Waals surface area contributed by atoms with Crippen LogP contribution in [0.3, 0.4) is 0 Å². The smallest absolute Gasteiger partial charge is 0.246 e. The average molecular weight is 489 g/mol. The maximum Gasteiger partial charge on any atom is 0.246 e. The molecule has 0 radical (unpaired) electrons. The average Bonchev–Trinajstić information content (AvgIpc) is 2.85. The standard InChI is InChI=1S/C29H26Cl2N2O/c30-24-18-25(31)20-26(19-24)33-29(34)28(23-14-8-3-9-15-23)32-17-16-27(21-10-4-1-5-11-21)22-12-6-2-7-13-22/h1-15,18-20,27-28,32H,16-17H2,(H,33,34)/t28-/m0/s1. The first-order valence-corrected chi connectivity index (χ1v) is 12.0. The summed E-state index contributed by atoms with van der Waals surface area (Å²) < 4.78 is 0. The van der Waals surface area contributed by atoms with E-state index in [1.807, 2.05) is 42.5 Å². The highest BCUT2D eigenvalue weighted by Crippen LogP contribution is 2.28. The van der Waals surface area contributed by atoms with Crippen LogP contribution in [0.25, 0.3) is 0 Å². The molecule has 0 saturated heterocycles. The lowest BCUT2D eigenvalue weighted by Gasteiger charge is -2.22. The Labute approximate surface area is 210 Å². The summed E-state index contributed by atoms with van der Waals surface area (Å²) in [6, 6.07) is 35.1. The van der Waals surface area contributed by atoms with Gasteiger partial charge in [-0.3, -0.25) is 4.79 Å². The van der Waals surface area contributed by atoms with Crippen molar-refractivity contribution in [1.82, 2.24) is 5.32 Å². The highest BCUT2D eigenvalue weighted by atomic mass is 35.5. The Morgan fingerprint density at radius 1 is 0.676 bits per heavy atom. The molecule has 1 atom stereocenters. The molecule has 2 N–H and O–H groups in total. The summed E-state index contributed by atoms with van der Waals surface area (Å²) >= 11 is 12.2. The highest BCUT2D eigenvalue weighted by molar-refractivity contribution is 6.35. The van der Waals surface area contributed by atoms with E-state index < -0.39 is 6.04 Å². The van der Waals surface area contributed by atoms with Crippen LogP contribution >= 0.6 is 23.2 Å². The fraction of sp³-hybridized carbons (Fsp3) is 0.138. The van der Waals surface area contributed by atoms with Gasteiger partial charge in [0.2, 0.25) is 5.91 Å². The Hall–Kier alpha value is -3.11. The number of benzene rings is 4. The van der Waals surface area contributed by atoms with Gasteiger partial charge in [0.15, 0.2) is 0 Å². The first kappa shape index (κ1) is 24.0. The number of carbonyl (C=O) groups is 1. The van der Waals surface area contributed by atoms with Crippen molar-refractivity contribution in [3.8, 4) is 0 Å². The van der Waals surface area contributed by atoms with E-state index in [2.05, 4.69) is 59.2 Å². The van der Waals surface area contributed by atoms with Crippen molar-refractivity contribution in [3.63, 3.8) is 0 Å². The van der Waals surface area contributed by atoms with Crippen LogP contribution in [0.5, 0.6) is 0 Å². The minimum Gasteiger partial charge on any atom is -0.324 e. The number of hydrogen-bond acceptors (Lipinski definition) is 2. The number of rotatable bonds is 9. The summed E-state index contributed by atoms with van der Waals surface area (Å²) in [6.07, 6.45) is 0.841. The zero-order valence-electron chi connectivity index (χ0n) is 18.6. The molecule has 0 heterocycles. The third-order valence-corrected chi connectivity index (χ3v) is 6.15. The molecule has 0 aromatic heterocycles. The minimum atomic E-state index is -0.522. The predicted octanol–water partition coefficient (Wildman–Crippen LogP) is 7.49. The van der Waals surface area contributed by atoms with Gasteiger partial charge >= 0.3 is 0 Å². The quantitative estimate of drug-likeness (QED) is 0.256. The number of anilines is 1. The second-order valence-electron chi connectivity index (χ2n) is 8.11. The molecule has 4 aromatic carbocycles. The fourth-order valence-electron chi connectivity index (χ4n) is 4.12.